The smallest absolute Gasteiger partial charge is 0.341 e. The monoisotopic (exact) mass is 284 g/mol. The quantitative estimate of drug-likeness (QED) is 0.748. The Hall–Kier alpha value is -2.82. The summed E-state index contributed by atoms with van der Waals surface area (Å²) in [4.78, 5) is 23.0. The van der Waals surface area contributed by atoms with Crippen LogP contribution in [0.1, 0.15) is 5.56 Å². The van der Waals surface area contributed by atoms with Crippen LogP contribution < -0.4 is 10.2 Å². The van der Waals surface area contributed by atoms with Gasteiger partial charge in [-0.1, -0.05) is 12.1 Å². The van der Waals surface area contributed by atoms with Crippen molar-refractivity contribution >= 4 is 27.9 Å². The van der Waals surface area contributed by atoms with Gasteiger partial charge >= 0.3 is 5.97 Å². The van der Waals surface area contributed by atoms with Crippen LogP contribution >= 0.6 is 0 Å². The van der Waals surface area contributed by atoms with Gasteiger partial charge in [0.25, 0.3) is 0 Å². The number of aliphatic carboxylic acids is 1. The number of hydrogen-bond acceptors (Lipinski definition) is 4. The molecule has 0 radical (unpaired) electrons. The van der Waals surface area contributed by atoms with Gasteiger partial charge in [0.15, 0.2) is 6.61 Å². The molecule has 1 N–H and O–H groups in total. The SMILES string of the molecule is Cc1cc2oc3ccccc3c(=O)c2cc1OCC(=O)O. The first-order chi connectivity index (χ1) is 10.1. The lowest BCUT2D eigenvalue weighted by atomic mass is 10.1. The number of carbonyl (C=O) groups is 1. The van der Waals surface area contributed by atoms with Crippen LogP contribution in [0.2, 0.25) is 0 Å². The van der Waals surface area contributed by atoms with Gasteiger partial charge in [-0.3, -0.25) is 4.79 Å². The molecule has 0 aliphatic carbocycles. The second kappa shape index (κ2) is 4.94. The number of hydrogen-bond donors (Lipinski definition) is 1. The zero-order chi connectivity index (χ0) is 15.0. The van der Waals surface area contributed by atoms with Crippen LogP contribution in [0.3, 0.4) is 0 Å². The highest BCUT2D eigenvalue weighted by Crippen LogP contribution is 2.26. The summed E-state index contributed by atoms with van der Waals surface area (Å²) in [5.41, 5.74) is 1.53. The fourth-order valence-electron chi connectivity index (χ4n) is 2.23. The summed E-state index contributed by atoms with van der Waals surface area (Å²) in [7, 11) is 0. The van der Waals surface area contributed by atoms with E-state index in [0.717, 1.165) is 0 Å². The molecule has 0 spiro atoms. The van der Waals surface area contributed by atoms with Crippen LogP contribution in [0.4, 0.5) is 0 Å². The molecule has 1 aromatic heterocycles. The second-order valence-electron chi connectivity index (χ2n) is 4.72. The molecular weight excluding hydrogens is 272 g/mol. The molecule has 106 valence electrons. The van der Waals surface area contributed by atoms with Crippen molar-refractivity contribution in [3.8, 4) is 5.75 Å². The molecule has 0 unspecified atom stereocenters. The van der Waals surface area contributed by atoms with Crippen molar-refractivity contribution in [3.63, 3.8) is 0 Å². The molecule has 3 aromatic rings. The fourth-order valence-corrected chi connectivity index (χ4v) is 2.23. The lowest BCUT2D eigenvalue weighted by molar-refractivity contribution is -0.139. The molecule has 3 rings (SSSR count). The van der Waals surface area contributed by atoms with Crippen LogP contribution in [0.15, 0.2) is 45.6 Å². The van der Waals surface area contributed by atoms with Crippen molar-refractivity contribution in [3.05, 3.63) is 52.2 Å². The highest BCUT2D eigenvalue weighted by Gasteiger charge is 2.11. The standard InChI is InChI=1S/C16H12O5/c1-9-6-14-11(7-13(9)20-8-15(17)18)16(19)10-4-2-3-5-12(10)21-14/h2-7H,8H2,1H3,(H,17,18). The van der Waals surface area contributed by atoms with E-state index in [2.05, 4.69) is 0 Å². The Kier molecular flexibility index (Phi) is 3.10. The molecule has 0 saturated heterocycles. The molecular formula is C16H12O5. The zero-order valence-electron chi connectivity index (χ0n) is 11.3. The molecule has 0 aliphatic heterocycles. The summed E-state index contributed by atoms with van der Waals surface area (Å²) in [6.45, 7) is 1.32. The Morgan fingerprint density at radius 2 is 1.95 bits per heavy atom. The van der Waals surface area contributed by atoms with E-state index in [4.69, 9.17) is 14.3 Å². The van der Waals surface area contributed by atoms with Gasteiger partial charge < -0.3 is 14.3 Å². The van der Waals surface area contributed by atoms with E-state index < -0.39 is 12.6 Å². The van der Waals surface area contributed by atoms with E-state index in [0.29, 0.717) is 33.3 Å². The average molecular weight is 284 g/mol. The summed E-state index contributed by atoms with van der Waals surface area (Å²) in [5, 5.41) is 9.53. The minimum atomic E-state index is -1.07. The van der Waals surface area contributed by atoms with E-state index in [1.54, 1.807) is 37.3 Å². The van der Waals surface area contributed by atoms with Gasteiger partial charge in [-0.25, -0.2) is 4.79 Å². The van der Waals surface area contributed by atoms with E-state index >= 15 is 0 Å². The molecule has 0 atom stereocenters. The molecule has 0 fully saturated rings. The zero-order valence-corrected chi connectivity index (χ0v) is 11.3. The Balaban J connectivity index is 2.24. The number of carboxylic acids is 1. The van der Waals surface area contributed by atoms with E-state index in [9.17, 15) is 9.59 Å². The highest BCUT2D eigenvalue weighted by atomic mass is 16.5. The van der Waals surface area contributed by atoms with Gasteiger partial charge in [0.1, 0.15) is 16.9 Å². The lowest BCUT2D eigenvalue weighted by Crippen LogP contribution is -2.10. The van der Waals surface area contributed by atoms with Crippen LogP contribution in [0.5, 0.6) is 5.75 Å². The summed E-state index contributed by atoms with van der Waals surface area (Å²) < 4.78 is 10.9. The molecule has 2 aromatic carbocycles. The van der Waals surface area contributed by atoms with Crippen LogP contribution in [0, 0.1) is 6.92 Å². The predicted octanol–water partition coefficient (Wildman–Crippen LogP) is 2.72. The molecule has 0 amide bonds. The number of carboxylic acid groups (broad SMARTS) is 1. The van der Waals surface area contributed by atoms with Crippen molar-refractivity contribution in [1.29, 1.82) is 0 Å². The van der Waals surface area contributed by atoms with Crippen molar-refractivity contribution < 1.29 is 19.1 Å². The van der Waals surface area contributed by atoms with Gasteiger partial charge in [-0.2, -0.15) is 0 Å². The molecule has 0 aliphatic rings. The van der Waals surface area contributed by atoms with Crippen molar-refractivity contribution in [1.82, 2.24) is 0 Å². The Labute approximate surface area is 119 Å². The lowest BCUT2D eigenvalue weighted by Gasteiger charge is -2.08. The molecule has 0 bridgehead atoms. The van der Waals surface area contributed by atoms with Gasteiger partial charge in [0.2, 0.25) is 5.43 Å². The highest BCUT2D eigenvalue weighted by molar-refractivity contribution is 5.90. The number of aryl methyl sites for hydroxylation is 1. The first kappa shape index (κ1) is 13.2. The van der Waals surface area contributed by atoms with E-state index in [1.807, 2.05) is 0 Å². The summed E-state index contributed by atoms with van der Waals surface area (Å²) in [5.74, 6) is -0.701. The minimum Gasteiger partial charge on any atom is -0.482 e. The third-order valence-electron chi connectivity index (χ3n) is 3.22. The minimum absolute atomic E-state index is 0.160. The second-order valence-corrected chi connectivity index (χ2v) is 4.72. The van der Waals surface area contributed by atoms with Gasteiger partial charge in [0.05, 0.1) is 10.8 Å². The molecule has 5 heteroatoms. The number of benzene rings is 2. The third-order valence-corrected chi connectivity index (χ3v) is 3.22. The maximum absolute atomic E-state index is 12.5. The predicted molar refractivity (Wildman–Crippen MR) is 77.9 cm³/mol. The summed E-state index contributed by atoms with van der Waals surface area (Å²) >= 11 is 0. The first-order valence-corrected chi connectivity index (χ1v) is 6.37. The Bertz CT molecular complexity index is 908. The van der Waals surface area contributed by atoms with Gasteiger partial charge in [0, 0.05) is 0 Å². The molecule has 1 heterocycles. The molecule has 5 nitrogen and oxygen atoms in total. The summed E-state index contributed by atoms with van der Waals surface area (Å²) in [6, 6.07) is 10.2. The van der Waals surface area contributed by atoms with Crippen molar-refractivity contribution in [2.75, 3.05) is 6.61 Å². The van der Waals surface area contributed by atoms with E-state index in [-0.39, 0.29) is 5.43 Å². The average Bonchev–Trinajstić information content (AvgIpc) is 2.45. The van der Waals surface area contributed by atoms with Crippen LogP contribution in [0.25, 0.3) is 21.9 Å². The van der Waals surface area contributed by atoms with E-state index in [1.165, 1.54) is 6.07 Å². The van der Waals surface area contributed by atoms with Crippen LogP contribution in [-0.2, 0) is 4.79 Å². The topological polar surface area (TPSA) is 76.7 Å². The Morgan fingerprint density at radius 1 is 1.19 bits per heavy atom. The van der Waals surface area contributed by atoms with Gasteiger partial charge in [-0.05, 0) is 36.8 Å². The third kappa shape index (κ3) is 2.33. The molecule has 0 saturated carbocycles. The van der Waals surface area contributed by atoms with Crippen molar-refractivity contribution in [2.45, 2.75) is 6.92 Å². The number of fused-ring (bicyclic) bond motifs is 2. The molecule has 21 heavy (non-hydrogen) atoms. The number of ether oxygens (including phenoxy) is 1. The van der Waals surface area contributed by atoms with Crippen molar-refractivity contribution in [2.24, 2.45) is 0 Å². The summed E-state index contributed by atoms with van der Waals surface area (Å²) in [6.07, 6.45) is 0. The fraction of sp³-hybridized carbons (Fsp3) is 0.125. The van der Waals surface area contributed by atoms with Gasteiger partial charge in [-0.15, -0.1) is 0 Å². The Morgan fingerprint density at radius 3 is 2.71 bits per heavy atom. The first-order valence-electron chi connectivity index (χ1n) is 6.37. The normalized spacial score (nSPS) is 10.9. The van der Waals surface area contributed by atoms with Crippen LogP contribution in [-0.4, -0.2) is 17.7 Å². The maximum atomic E-state index is 12.5. The number of rotatable bonds is 3. The maximum Gasteiger partial charge on any atom is 0.341 e. The largest absolute Gasteiger partial charge is 0.482 e. The number of para-hydroxylation sites is 1.